The molecule has 3 atom stereocenters. The third kappa shape index (κ3) is 2.08. The van der Waals surface area contributed by atoms with Crippen molar-refractivity contribution in [3.8, 4) is 0 Å². The van der Waals surface area contributed by atoms with Crippen LogP contribution in [0.4, 0.5) is 0 Å². The molecule has 1 aromatic heterocycles. The van der Waals surface area contributed by atoms with Gasteiger partial charge in [-0.05, 0) is 31.1 Å². The van der Waals surface area contributed by atoms with Gasteiger partial charge in [-0.15, -0.1) is 11.3 Å². The van der Waals surface area contributed by atoms with Crippen molar-refractivity contribution < 1.29 is 0 Å². The first-order chi connectivity index (χ1) is 7.42. The Morgan fingerprint density at radius 3 is 3.07 bits per heavy atom. The van der Waals surface area contributed by atoms with Gasteiger partial charge in [0.25, 0.3) is 0 Å². The molecule has 0 radical (unpaired) electrons. The Kier molecular flexibility index (Phi) is 2.76. The maximum Gasteiger partial charge on any atom is 0.0937 e. The summed E-state index contributed by atoms with van der Waals surface area (Å²) < 4.78 is 0. The predicted octanol–water partition coefficient (Wildman–Crippen LogP) is 2.46. The Morgan fingerprint density at radius 1 is 1.40 bits per heavy atom. The standard InChI is InChI=1S/C12H18N2S/c1-2-10-7-9(1)8-11(10)13-4-3-12-14-5-6-15-12/h5-6,9-11,13H,1-4,7-8H2. The van der Waals surface area contributed by atoms with E-state index in [1.807, 2.05) is 6.20 Å². The Labute approximate surface area is 95.1 Å². The lowest BCUT2D eigenvalue weighted by molar-refractivity contribution is 0.354. The van der Waals surface area contributed by atoms with Crippen LogP contribution in [0.5, 0.6) is 0 Å². The smallest absolute Gasteiger partial charge is 0.0937 e. The Balaban J connectivity index is 1.43. The minimum Gasteiger partial charge on any atom is -0.313 e. The summed E-state index contributed by atoms with van der Waals surface area (Å²) in [7, 11) is 0. The molecular formula is C12H18N2S. The molecule has 0 aromatic carbocycles. The van der Waals surface area contributed by atoms with Gasteiger partial charge in [-0.1, -0.05) is 6.42 Å². The molecule has 2 nitrogen and oxygen atoms in total. The summed E-state index contributed by atoms with van der Waals surface area (Å²) in [4.78, 5) is 4.31. The summed E-state index contributed by atoms with van der Waals surface area (Å²) in [6.45, 7) is 1.11. The molecule has 1 N–H and O–H groups in total. The summed E-state index contributed by atoms with van der Waals surface area (Å²) in [6, 6.07) is 0.823. The minimum absolute atomic E-state index is 0.823. The molecule has 3 heteroatoms. The fourth-order valence-corrected chi connectivity index (χ4v) is 3.86. The summed E-state index contributed by atoms with van der Waals surface area (Å²) >= 11 is 1.77. The van der Waals surface area contributed by atoms with Crippen LogP contribution in [0.15, 0.2) is 11.6 Å². The number of thiazole rings is 1. The quantitative estimate of drug-likeness (QED) is 0.846. The number of nitrogens with one attached hydrogen (secondary N) is 1. The number of hydrogen-bond donors (Lipinski definition) is 1. The van der Waals surface area contributed by atoms with Crippen molar-refractivity contribution >= 4 is 11.3 Å². The van der Waals surface area contributed by atoms with Crippen LogP contribution in [0, 0.1) is 11.8 Å². The van der Waals surface area contributed by atoms with Gasteiger partial charge in [0.15, 0.2) is 0 Å². The van der Waals surface area contributed by atoms with E-state index in [4.69, 9.17) is 0 Å². The normalized spacial score (nSPS) is 33.7. The summed E-state index contributed by atoms with van der Waals surface area (Å²) in [5.41, 5.74) is 0. The second-order valence-electron chi connectivity index (χ2n) is 4.91. The fourth-order valence-electron chi connectivity index (χ4n) is 3.24. The average Bonchev–Trinajstić information content (AvgIpc) is 2.93. The predicted molar refractivity (Wildman–Crippen MR) is 63.1 cm³/mol. The molecule has 3 rings (SSSR count). The van der Waals surface area contributed by atoms with E-state index in [1.165, 1.54) is 30.7 Å². The summed E-state index contributed by atoms with van der Waals surface area (Å²) in [5, 5.41) is 7.05. The van der Waals surface area contributed by atoms with Gasteiger partial charge in [0.1, 0.15) is 0 Å². The number of hydrogen-bond acceptors (Lipinski definition) is 3. The third-order valence-corrected chi connectivity index (χ3v) is 4.81. The second kappa shape index (κ2) is 4.22. The lowest BCUT2D eigenvalue weighted by Crippen LogP contribution is -2.35. The van der Waals surface area contributed by atoms with Gasteiger partial charge in [0.05, 0.1) is 5.01 Å². The zero-order valence-electron chi connectivity index (χ0n) is 8.98. The van der Waals surface area contributed by atoms with E-state index < -0.39 is 0 Å². The van der Waals surface area contributed by atoms with Crippen LogP contribution >= 0.6 is 11.3 Å². The van der Waals surface area contributed by atoms with Gasteiger partial charge in [-0.2, -0.15) is 0 Å². The molecule has 0 spiro atoms. The van der Waals surface area contributed by atoms with Gasteiger partial charge in [-0.3, -0.25) is 0 Å². The maximum absolute atomic E-state index is 4.31. The van der Waals surface area contributed by atoms with Crippen molar-refractivity contribution in [2.24, 2.45) is 11.8 Å². The minimum atomic E-state index is 0.823. The van der Waals surface area contributed by atoms with E-state index in [1.54, 1.807) is 11.3 Å². The molecule has 0 amide bonds. The van der Waals surface area contributed by atoms with Crippen LogP contribution in [0.1, 0.15) is 30.7 Å². The molecule has 3 unspecified atom stereocenters. The molecule has 2 aliphatic carbocycles. The highest BCUT2D eigenvalue weighted by molar-refractivity contribution is 7.09. The van der Waals surface area contributed by atoms with Crippen molar-refractivity contribution in [2.75, 3.05) is 6.54 Å². The largest absolute Gasteiger partial charge is 0.313 e. The van der Waals surface area contributed by atoms with Gasteiger partial charge >= 0.3 is 0 Å². The second-order valence-corrected chi connectivity index (χ2v) is 5.89. The van der Waals surface area contributed by atoms with Crippen LogP contribution < -0.4 is 5.32 Å². The van der Waals surface area contributed by atoms with Crippen LogP contribution in [0.25, 0.3) is 0 Å². The van der Waals surface area contributed by atoms with Crippen molar-refractivity contribution in [3.63, 3.8) is 0 Å². The number of nitrogens with zero attached hydrogens (tertiary/aromatic N) is 1. The van der Waals surface area contributed by atoms with Gasteiger partial charge < -0.3 is 5.32 Å². The number of fused-ring (bicyclic) bond motifs is 2. The molecule has 0 saturated heterocycles. The molecular weight excluding hydrogens is 204 g/mol. The first-order valence-electron chi connectivity index (χ1n) is 6.03. The molecule has 2 bridgehead atoms. The average molecular weight is 222 g/mol. The van der Waals surface area contributed by atoms with Crippen LogP contribution in [-0.2, 0) is 6.42 Å². The number of rotatable bonds is 4. The molecule has 1 heterocycles. The molecule has 82 valence electrons. The molecule has 2 saturated carbocycles. The Bertz CT molecular complexity index is 309. The summed E-state index contributed by atoms with van der Waals surface area (Å²) in [5.74, 6) is 2.04. The first-order valence-corrected chi connectivity index (χ1v) is 6.91. The molecule has 0 aliphatic heterocycles. The van der Waals surface area contributed by atoms with E-state index in [2.05, 4.69) is 15.7 Å². The van der Waals surface area contributed by atoms with Crippen molar-refractivity contribution in [1.29, 1.82) is 0 Å². The maximum atomic E-state index is 4.31. The monoisotopic (exact) mass is 222 g/mol. The third-order valence-electron chi connectivity index (χ3n) is 3.97. The molecule has 15 heavy (non-hydrogen) atoms. The van der Waals surface area contributed by atoms with Crippen molar-refractivity contribution in [2.45, 2.75) is 38.1 Å². The van der Waals surface area contributed by atoms with Gasteiger partial charge in [-0.25, -0.2) is 4.98 Å². The van der Waals surface area contributed by atoms with E-state index in [-0.39, 0.29) is 0 Å². The van der Waals surface area contributed by atoms with Crippen LogP contribution in [0.2, 0.25) is 0 Å². The van der Waals surface area contributed by atoms with Crippen LogP contribution in [0.3, 0.4) is 0 Å². The highest BCUT2D eigenvalue weighted by atomic mass is 32.1. The van der Waals surface area contributed by atoms with E-state index in [9.17, 15) is 0 Å². The van der Waals surface area contributed by atoms with Crippen molar-refractivity contribution in [3.05, 3.63) is 16.6 Å². The molecule has 2 aliphatic rings. The zero-order chi connectivity index (χ0) is 10.1. The Hall–Kier alpha value is -0.410. The highest BCUT2D eigenvalue weighted by Crippen LogP contribution is 2.44. The van der Waals surface area contributed by atoms with Gasteiger partial charge in [0.2, 0.25) is 0 Å². The lowest BCUT2D eigenvalue weighted by atomic mass is 9.95. The SMILES string of the molecule is c1csc(CCNC2CC3CCC2C3)n1. The van der Waals surface area contributed by atoms with Crippen molar-refractivity contribution in [1.82, 2.24) is 10.3 Å². The zero-order valence-corrected chi connectivity index (χ0v) is 9.80. The highest BCUT2D eigenvalue weighted by Gasteiger charge is 2.38. The van der Waals surface area contributed by atoms with E-state index >= 15 is 0 Å². The topological polar surface area (TPSA) is 24.9 Å². The first kappa shape index (κ1) is 9.79. The van der Waals surface area contributed by atoms with Gasteiger partial charge in [0, 0.05) is 30.6 Å². The number of aromatic nitrogens is 1. The molecule has 1 aromatic rings. The summed E-state index contributed by atoms with van der Waals surface area (Å²) in [6.07, 6.45) is 8.90. The van der Waals surface area contributed by atoms with E-state index in [0.717, 1.165) is 30.8 Å². The Morgan fingerprint density at radius 2 is 2.40 bits per heavy atom. The molecule has 2 fully saturated rings. The van der Waals surface area contributed by atoms with Crippen LogP contribution in [-0.4, -0.2) is 17.6 Å². The van der Waals surface area contributed by atoms with E-state index in [0.29, 0.717) is 0 Å². The fraction of sp³-hybridized carbons (Fsp3) is 0.750. The lowest BCUT2D eigenvalue weighted by Gasteiger charge is -2.22.